The molecule has 0 spiro atoms. The van der Waals surface area contributed by atoms with Gasteiger partial charge in [0.15, 0.2) is 0 Å². The molecular weight excluding hydrogens is 250 g/mol. The van der Waals surface area contributed by atoms with Crippen LogP contribution in [0.15, 0.2) is 16.5 Å². The molecule has 0 radical (unpaired) electrons. The molecule has 0 bridgehead atoms. The first-order valence-corrected chi connectivity index (χ1v) is 7.63. The van der Waals surface area contributed by atoms with Crippen molar-refractivity contribution in [2.24, 2.45) is 5.73 Å². The number of hydrogen-bond acceptors (Lipinski definition) is 4. The second kappa shape index (κ2) is 7.81. The van der Waals surface area contributed by atoms with E-state index in [9.17, 15) is 0 Å². The molecule has 3 unspecified atom stereocenters. The molecule has 1 heterocycles. The van der Waals surface area contributed by atoms with E-state index in [-0.39, 0.29) is 12.1 Å². The van der Waals surface area contributed by atoms with Gasteiger partial charge in [0.2, 0.25) is 0 Å². The molecule has 20 heavy (non-hydrogen) atoms. The van der Waals surface area contributed by atoms with Crippen LogP contribution in [0.5, 0.6) is 0 Å². The molecule has 1 aromatic heterocycles. The van der Waals surface area contributed by atoms with Gasteiger partial charge in [0.25, 0.3) is 0 Å². The molecule has 4 nitrogen and oxygen atoms in total. The molecule has 0 saturated carbocycles. The first kappa shape index (κ1) is 17.2. The van der Waals surface area contributed by atoms with Gasteiger partial charge >= 0.3 is 0 Å². The van der Waals surface area contributed by atoms with Crippen molar-refractivity contribution in [3.8, 4) is 0 Å². The highest BCUT2D eigenvalue weighted by Crippen LogP contribution is 2.28. The highest BCUT2D eigenvalue weighted by Gasteiger charge is 2.30. The van der Waals surface area contributed by atoms with Crippen molar-refractivity contribution in [1.82, 2.24) is 9.80 Å². The van der Waals surface area contributed by atoms with Gasteiger partial charge in [-0.25, -0.2) is 0 Å². The van der Waals surface area contributed by atoms with Crippen LogP contribution in [0.3, 0.4) is 0 Å². The zero-order valence-electron chi connectivity index (χ0n) is 13.9. The third-order valence-corrected chi connectivity index (χ3v) is 3.85. The normalized spacial score (nSPS) is 16.6. The predicted molar refractivity (Wildman–Crippen MR) is 84.8 cm³/mol. The van der Waals surface area contributed by atoms with E-state index in [2.05, 4.69) is 50.7 Å². The van der Waals surface area contributed by atoms with Gasteiger partial charge in [-0.15, -0.1) is 0 Å². The Hall–Kier alpha value is -0.840. The molecule has 0 aliphatic rings. The number of hydrogen-bond donors (Lipinski definition) is 1. The number of furan rings is 1. The summed E-state index contributed by atoms with van der Waals surface area (Å²) in [5.41, 5.74) is 6.39. The summed E-state index contributed by atoms with van der Waals surface area (Å²) in [6, 6.07) is 4.76. The van der Waals surface area contributed by atoms with Crippen LogP contribution in [-0.4, -0.2) is 49.1 Å². The highest BCUT2D eigenvalue weighted by molar-refractivity contribution is 5.12. The molecule has 1 aromatic rings. The molecule has 4 heteroatoms. The van der Waals surface area contributed by atoms with Gasteiger partial charge in [0.1, 0.15) is 11.5 Å². The number of nitrogens with zero attached hydrogens (tertiary/aromatic N) is 2. The van der Waals surface area contributed by atoms with E-state index >= 15 is 0 Å². The van der Waals surface area contributed by atoms with E-state index in [1.807, 2.05) is 13.0 Å². The van der Waals surface area contributed by atoms with Gasteiger partial charge in [-0.05, 0) is 53.0 Å². The van der Waals surface area contributed by atoms with Gasteiger partial charge in [0, 0.05) is 18.6 Å². The fourth-order valence-electron chi connectivity index (χ4n) is 2.87. The average Bonchev–Trinajstić information content (AvgIpc) is 2.80. The summed E-state index contributed by atoms with van der Waals surface area (Å²) >= 11 is 0. The summed E-state index contributed by atoms with van der Waals surface area (Å²) in [5.74, 6) is 1.94. The lowest BCUT2D eigenvalue weighted by Crippen LogP contribution is -2.48. The average molecular weight is 281 g/mol. The Morgan fingerprint density at radius 1 is 1.25 bits per heavy atom. The van der Waals surface area contributed by atoms with Crippen LogP contribution in [0.2, 0.25) is 0 Å². The summed E-state index contributed by atoms with van der Waals surface area (Å²) in [5, 5.41) is 0. The Morgan fingerprint density at radius 3 is 2.30 bits per heavy atom. The van der Waals surface area contributed by atoms with E-state index in [4.69, 9.17) is 10.2 Å². The first-order valence-electron chi connectivity index (χ1n) is 7.63. The largest absolute Gasteiger partial charge is 0.465 e. The Morgan fingerprint density at radius 2 is 1.90 bits per heavy atom. The van der Waals surface area contributed by atoms with Crippen molar-refractivity contribution >= 4 is 0 Å². The topological polar surface area (TPSA) is 45.6 Å². The minimum Gasteiger partial charge on any atom is -0.465 e. The van der Waals surface area contributed by atoms with E-state index in [1.165, 1.54) is 0 Å². The summed E-state index contributed by atoms with van der Waals surface area (Å²) in [4.78, 5) is 4.67. The fourth-order valence-corrected chi connectivity index (χ4v) is 2.87. The minimum absolute atomic E-state index is 0.0881. The molecule has 1 rings (SSSR count). The zero-order chi connectivity index (χ0) is 15.3. The van der Waals surface area contributed by atoms with Gasteiger partial charge in [-0.1, -0.05) is 13.8 Å². The first-order chi connectivity index (χ1) is 9.40. The maximum atomic E-state index is 6.39. The molecule has 0 aromatic carbocycles. The van der Waals surface area contributed by atoms with Gasteiger partial charge in [0.05, 0.1) is 6.04 Å². The van der Waals surface area contributed by atoms with E-state index in [0.29, 0.717) is 6.04 Å². The number of rotatable bonds is 8. The molecule has 3 atom stereocenters. The lowest BCUT2D eigenvalue weighted by Gasteiger charge is -2.38. The summed E-state index contributed by atoms with van der Waals surface area (Å²) < 4.78 is 5.87. The van der Waals surface area contributed by atoms with Gasteiger partial charge in [-0.3, -0.25) is 4.90 Å². The van der Waals surface area contributed by atoms with Crippen molar-refractivity contribution in [3.05, 3.63) is 23.7 Å². The Balaban J connectivity index is 3.01. The highest BCUT2D eigenvalue weighted by atomic mass is 16.3. The molecule has 0 fully saturated rings. The number of aryl methyl sites for hydroxylation is 1. The van der Waals surface area contributed by atoms with Gasteiger partial charge in [-0.2, -0.15) is 0 Å². The number of likely N-dealkylation sites (N-methyl/N-ethyl adjacent to an activating group) is 2. The lowest BCUT2D eigenvalue weighted by molar-refractivity contribution is 0.0942. The second-order valence-corrected chi connectivity index (χ2v) is 5.91. The standard InChI is InChI=1S/C16H31N3O/c1-7-14(17)16(15-10-9-13(4)20-15)19(8-2)12(3)11-18(5)6/h9-10,12,14,16H,7-8,11,17H2,1-6H3. The van der Waals surface area contributed by atoms with E-state index in [0.717, 1.165) is 31.0 Å². The predicted octanol–water partition coefficient (Wildman–Crippen LogP) is 2.64. The van der Waals surface area contributed by atoms with Crippen molar-refractivity contribution in [1.29, 1.82) is 0 Å². The molecule has 116 valence electrons. The Bertz CT molecular complexity index is 389. The van der Waals surface area contributed by atoms with Crippen LogP contribution in [-0.2, 0) is 0 Å². The smallest absolute Gasteiger partial charge is 0.122 e. The van der Waals surface area contributed by atoms with Crippen LogP contribution in [0.25, 0.3) is 0 Å². The second-order valence-electron chi connectivity index (χ2n) is 5.91. The third kappa shape index (κ3) is 4.33. The van der Waals surface area contributed by atoms with Crippen LogP contribution < -0.4 is 5.73 Å². The van der Waals surface area contributed by atoms with Gasteiger partial charge < -0.3 is 15.1 Å². The third-order valence-electron chi connectivity index (χ3n) is 3.85. The molecule has 0 aliphatic carbocycles. The van der Waals surface area contributed by atoms with Crippen molar-refractivity contribution in [2.45, 2.75) is 52.2 Å². The van der Waals surface area contributed by atoms with E-state index in [1.54, 1.807) is 0 Å². The lowest BCUT2D eigenvalue weighted by atomic mass is 10.00. The number of nitrogens with two attached hydrogens (primary N) is 1. The summed E-state index contributed by atoms with van der Waals surface area (Å²) in [7, 11) is 4.21. The summed E-state index contributed by atoms with van der Waals surface area (Å²) in [6.45, 7) is 10.6. The fraction of sp³-hybridized carbons (Fsp3) is 0.750. The SMILES string of the molecule is CCC(N)C(c1ccc(C)o1)N(CC)C(C)CN(C)C. The molecule has 0 saturated heterocycles. The minimum atomic E-state index is 0.0881. The maximum absolute atomic E-state index is 6.39. The summed E-state index contributed by atoms with van der Waals surface area (Å²) in [6.07, 6.45) is 0.940. The molecular formula is C16H31N3O. The maximum Gasteiger partial charge on any atom is 0.122 e. The molecule has 0 aliphatic heterocycles. The molecule has 2 N–H and O–H groups in total. The van der Waals surface area contributed by atoms with Crippen molar-refractivity contribution < 1.29 is 4.42 Å². The van der Waals surface area contributed by atoms with Crippen LogP contribution in [0.1, 0.15) is 44.8 Å². The zero-order valence-corrected chi connectivity index (χ0v) is 13.9. The van der Waals surface area contributed by atoms with Crippen molar-refractivity contribution in [2.75, 3.05) is 27.2 Å². The Kier molecular flexibility index (Phi) is 6.72. The monoisotopic (exact) mass is 281 g/mol. The molecule has 0 amide bonds. The Labute approximate surface area is 123 Å². The quantitative estimate of drug-likeness (QED) is 0.795. The van der Waals surface area contributed by atoms with E-state index < -0.39 is 0 Å². The van der Waals surface area contributed by atoms with Crippen LogP contribution in [0, 0.1) is 6.92 Å². The van der Waals surface area contributed by atoms with Crippen molar-refractivity contribution in [3.63, 3.8) is 0 Å². The van der Waals surface area contributed by atoms with Crippen LogP contribution >= 0.6 is 0 Å². The van der Waals surface area contributed by atoms with Crippen LogP contribution in [0.4, 0.5) is 0 Å².